The van der Waals surface area contributed by atoms with Crippen LogP contribution in [0.4, 0.5) is 10.5 Å². The van der Waals surface area contributed by atoms with Crippen LogP contribution in [0.25, 0.3) is 0 Å². The number of carbonyl (C=O) groups is 3. The van der Waals surface area contributed by atoms with Crippen molar-refractivity contribution in [3.05, 3.63) is 58.6 Å². The lowest BCUT2D eigenvalue weighted by atomic mass is 9.92. The molecule has 2 heterocycles. The molecule has 0 saturated carbocycles. The monoisotopic (exact) mass is 427 g/mol. The summed E-state index contributed by atoms with van der Waals surface area (Å²) in [4.78, 5) is 41.3. The van der Waals surface area contributed by atoms with Gasteiger partial charge in [0.05, 0.1) is 7.11 Å². The average Bonchev–Trinajstić information content (AvgIpc) is 2.97. The van der Waals surface area contributed by atoms with E-state index in [0.29, 0.717) is 17.1 Å². The zero-order valence-corrected chi connectivity index (χ0v) is 17.5. The predicted octanol–water partition coefficient (Wildman–Crippen LogP) is 3.10. The van der Waals surface area contributed by atoms with Crippen molar-refractivity contribution in [2.75, 3.05) is 25.1 Å². The zero-order chi connectivity index (χ0) is 21.5. The second kappa shape index (κ2) is 7.65. The lowest BCUT2D eigenvalue weighted by Gasteiger charge is -2.31. The molecule has 4 rings (SSSR count). The van der Waals surface area contributed by atoms with Crippen LogP contribution < -0.4 is 15.0 Å². The molecule has 1 N–H and O–H groups in total. The number of anilines is 1. The standard InChI is InChI=1S/C22H22ClN3O4/c1-22(15-5-7-16(23)8-6-15)20(28)26(21(29)24-22)13-19(27)25-11-3-4-14-12-17(30-2)9-10-18(14)25/h5-10,12H,3-4,11,13H2,1-2H3,(H,24,29). The molecule has 2 aromatic carbocycles. The van der Waals surface area contributed by atoms with Crippen LogP contribution in [0.1, 0.15) is 24.5 Å². The van der Waals surface area contributed by atoms with Gasteiger partial charge >= 0.3 is 6.03 Å². The van der Waals surface area contributed by atoms with Gasteiger partial charge in [-0.2, -0.15) is 0 Å². The van der Waals surface area contributed by atoms with Crippen molar-refractivity contribution in [1.29, 1.82) is 0 Å². The lowest BCUT2D eigenvalue weighted by molar-refractivity contribution is -0.134. The van der Waals surface area contributed by atoms with Gasteiger partial charge in [0, 0.05) is 17.3 Å². The summed E-state index contributed by atoms with van der Waals surface area (Å²) in [6, 6.07) is 11.7. The fourth-order valence-electron chi connectivity index (χ4n) is 4.00. The van der Waals surface area contributed by atoms with Gasteiger partial charge in [-0.1, -0.05) is 23.7 Å². The Morgan fingerprint density at radius 1 is 1.20 bits per heavy atom. The van der Waals surface area contributed by atoms with E-state index >= 15 is 0 Å². The van der Waals surface area contributed by atoms with Gasteiger partial charge in [-0.05, 0) is 61.2 Å². The Hall–Kier alpha value is -3.06. The maximum atomic E-state index is 13.1. The molecule has 2 aliphatic rings. The van der Waals surface area contributed by atoms with Gasteiger partial charge in [-0.25, -0.2) is 4.79 Å². The minimum atomic E-state index is -1.24. The molecule has 0 aromatic heterocycles. The maximum Gasteiger partial charge on any atom is 0.325 e. The Morgan fingerprint density at radius 2 is 1.93 bits per heavy atom. The summed E-state index contributed by atoms with van der Waals surface area (Å²) >= 11 is 5.93. The van der Waals surface area contributed by atoms with Crippen LogP contribution in [-0.4, -0.2) is 42.9 Å². The molecule has 1 unspecified atom stereocenters. The number of methoxy groups -OCH3 is 1. The normalized spacial score (nSPS) is 20.8. The van der Waals surface area contributed by atoms with Crippen LogP contribution in [0.5, 0.6) is 5.75 Å². The highest BCUT2D eigenvalue weighted by molar-refractivity contribution is 6.30. The molecule has 8 heteroatoms. The van der Waals surface area contributed by atoms with Gasteiger partial charge in [-0.15, -0.1) is 0 Å². The third-order valence-corrected chi connectivity index (χ3v) is 5.95. The molecule has 0 aliphatic carbocycles. The highest BCUT2D eigenvalue weighted by Gasteiger charge is 2.49. The molecule has 2 aromatic rings. The number of urea groups is 1. The summed E-state index contributed by atoms with van der Waals surface area (Å²) in [5, 5.41) is 3.25. The topological polar surface area (TPSA) is 79.0 Å². The maximum absolute atomic E-state index is 13.1. The van der Waals surface area contributed by atoms with Gasteiger partial charge in [0.1, 0.15) is 17.8 Å². The number of imide groups is 1. The molecule has 0 spiro atoms. The number of hydrogen-bond acceptors (Lipinski definition) is 4. The van der Waals surface area contributed by atoms with Crippen molar-refractivity contribution >= 4 is 35.1 Å². The minimum Gasteiger partial charge on any atom is -0.497 e. The Balaban J connectivity index is 1.55. The first kappa shape index (κ1) is 20.2. The van der Waals surface area contributed by atoms with Gasteiger partial charge in [0.15, 0.2) is 0 Å². The van der Waals surface area contributed by atoms with Gasteiger partial charge < -0.3 is 15.0 Å². The molecule has 156 valence electrons. The van der Waals surface area contributed by atoms with E-state index in [4.69, 9.17) is 16.3 Å². The largest absolute Gasteiger partial charge is 0.497 e. The number of benzene rings is 2. The Morgan fingerprint density at radius 3 is 2.63 bits per heavy atom. The summed E-state index contributed by atoms with van der Waals surface area (Å²) in [5.74, 6) is -0.0315. The minimum absolute atomic E-state index is 0.301. The first-order valence-corrected chi connectivity index (χ1v) is 10.1. The van der Waals surface area contributed by atoms with Crippen molar-refractivity contribution in [3.63, 3.8) is 0 Å². The Bertz CT molecular complexity index is 1020. The van der Waals surface area contributed by atoms with E-state index in [1.54, 1.807) is 49.3 Å². The number of hydrogen-bond donors (Lipinski definition) is 1. The van der Waals surface area contributed by atoms with E-state index in [2.05, 4.69) is 5.32 Å². The van der Waals surface area contributed by atoms with Gasteiger partial charge in [0.25, 0.3) is 5.91 Å². The third-order valence-electron chi connectivity index (χ3n) is 5.70. The number of aryl methyl sites for hydroxylation is 1. The Kier molecular flexibility index (Phi) is 5.15. The number of fused-ring (bicyclic) bond motifs is 1. The summed E-state index contributed by atoms with van der Waals surface area (Å²) in [7, 11) is 1.60. The molecule has 1 fully saturated rings. The molecule has 2 aliphatic heterocycles. The first-order chi connectivity index (χ1) is 14.3. The van der Waals surface area contributed by atoms with Crippen molar-refractivity contribution in [3.8, 4) is 5.75 Å². The van der Waals surface area contributed by atoms with Crippen LogP contribution in [0.15, 0.2) is 42.5 Å². The van der Waals surface area contributed by atoms with Crippen molar-refractivity contribution in [1.82, 2.24) is 10.2 Å². The number of ether oxygens (including phenoxy) is 1. The van der Waals surface area contributed by atoms with E-state index in [0.717, 1.165) is 34.7 Å². The van der Waals surface area contributed by atoms with Crippen LogP contribution >= 0.6 is 11.6 Å². The molecule has 0 bridgehead atoms. The second-order valence-corrected chi connectivity index (χ2v) is 8.03. The summed E-state index contributed by atoms with van der Waals surface area (Å²) in [6.45, 7) is 1.85. The third kappa shape index (κ3) is 3.39. The Labute approximate surface area is 179 Å². The zero-order valence-electron chi connectivity index (χ0n) is 16.8. The predicted molar refractivity (Wildman–Crippen MR) is 113 cm³/mol. The van der Waals surface area contributed by atoms with E-state index in [1.165, 1.54) is 0 Å². The van der Waals surface area contributed by atoms with Crippen LogP contribution in [-0.2, 0) is 21.5 Å². The number of nitrogens with one attached hydrogen (secondary N) is 1. The van der Waals surface area contributed by atoms with Crippen molar-refractivity contribution in [2.24, 2.45) is 0 Å². The highest BCUT2D eigenvalue weighted by Crippen LogP contribution is 2.32. The van der Waals surface area contributed by atoms with Crippen LogP contribution in [0, 0.1) is 0 Å². The molecular formula is C22H22ClN3O4. The molecule has 4 amide bonds. The van der Waals surface area contributed by atoms with E-state index in [-0.39, 0.29) is 12.5 Å². The van der Waals surface area contributed by atoms with Crippen LogP contribution in [0.2, 0.25) is 5.02 Å². The highest BCUT2D eigenvalue weighted by atomic mass is 35.5. The summed E-state index contributed by atoms with van der Waals surface area (Å²) in [6.07, 6.45) is 1.64. The average molecular weight is 428 g/mol. The number of carbonyl (C=O) groups excluding carboxylic acids is 3. The number of rotatable bonds is 4. The number of halogens is 1. The SMILES string of the molecule is COc1ccc2c(c1)CCCN2C(=O)CN1C(=O)NC(C)(c2ccc(Cl)cc2)C1=O. The van der Waals surface area contributed by atoms with Gasteiger partial charge in [0.2, 0.25) is 5.91 Å². The molecule has 1 atom stereocenters. The fourth-order valence-corrected chi connectivity index (χ4v) is 4.13. The molecule has 30 heavy (non-hydrogen) atoms. The van der Waals surface area contributed by atoms with E-state index in [1.807, 2.05) is 12.1 Å². The van der Waals surface area contributed by atoms with E-state index in [9.17, 15) is 14.4 Å². The molecule has 7 nitrogen and oxygen atoms in total. The van der Waals surface area contributed by atoms with Crippen molar-refractivity contribution in [2.45, 2.75) is 25.3 Å². The summed E-state index contributed by atoms with van der Waals surface area (Å²) in [5.41, 5.74) is 1.17. The quantitative estimate of drug-likeness (QED) is 0.760. The molecule has 1 saturated heterocycles. The first-order valence-electron chi connectivity index (χ1n) is 9.71. The molecular weight excluding hydrogens is 406 g/mol. The lowest BCUT2D eigenvalue weighted by Crippen LogP contribution is -2.46. The molecule has 0 radical (unpaired) electrons. The van der Waals surface area contributed by atoms with Gasteiger partial charge in [-0.3, -0.25) is 14.5 Å². The fraction of sp³-hybridized carbons (Fsp3) is 0.318. The number of nitrogens with zero attached hydrogens (tertiary/aromatic N) is 2. The van der Waals surface area contributed by atoms with E-state index < -0.39 is 17.5 Å². The second-order valence-electron chi connectivity index (χ2n) is 7.60. The smallest absolute Gasteiger partial charge is 0.325 e. The summed E-state index contributed by atoms with van der Waals surface area (Å²) < 4.78 is 5.27. The number of amides is 4. The van der Waals surface area contributed by atoms with Crippen LogP contribution in [0.3, 0.4) is 0 Å². The van der Waals surface area contributed by atoms with Crippen molar-refractivity contribution < 1.29 is 19.1 Å².